The molecule has 0 bridgehead atoms. The molecule has 0 atom stereocenters. The van der Waals surface area contributed by atoms with Gasteiger partial charge in [0.05, 0.1) is 6.20 Å². The van der Waals surface area contributed by atoms with Crippen LogP contribution in [0.15, 0.2) is 30.5 Å². The summed E-state index contributed by atoms with van der Waals surface area (Å²) in [5.41, 5.74) is 2.33. The van der Waals surface area contributed by atoms with Gasteiger partial charge >= 0.3 is 0 Å². The van der Waals surface area contributed by atoms with Crippen LogP contribution in [0.3, 0.4) is 0 Å². The third-order valence-corrected chi connectivity index (χ3v) is 3.32. The number of hydrogen-bond acceptors (Lipinski definition) is 5. The van der Waals surface area contributed by atoms with E-state index in [1.54, 1.807) is 6.20 Å². The first-order valence-corrected chi connectivity index (χ1v) is 7.04. The first kappa shape index (κ1) is 12.8. The van der Waals surface area contributed by atoms with Gasteiger partial charge in [-0.3, -0.25) is 0 Å². The summed E-state index contributed by atoms with van der Waals surface area (Å²) in [5, 5.41) is 14.4. The summed E-state index contributed by atoms with van der Waals surface area (Å²) >= 11 is 0. The molecule has 0 radical (unpaired) electrons. The molecule has 0 unspecified atom stereocenters. The molecule has 0 saturated heterocycles. The molecule has 104 valence electrons. The Morgan fingerprint density at radius 3 is 2.55 bits per heavy atom. The maximum Gasteiger partial charge on any atom is 0.244 e. The lowest BCUT2D eigenvalue weighted by molar-refractivity contribution is 0.867. The Bertz CT molecular complexity index is 575. The number of aromatic nitrogens is 3. The minimum Gasteiger partial charge on any atom is -0.350 e. The van der Waals surface area contributed by atoms with Crippen molar-refractivity contribution in [2.45, 2.75) is 38.6 Å². The van der Waals surface area contributed by atoms with E-state index in [1.807, 2.05) is 0 Å². The Morgan fingerprint density at radius 2 is 1.90 bits per heavy atom. The van der Waals surface area contributed by atoms with Crippen molar-refractivity contribution < 1.29 is 0 Å². The van der Waals surface area contributed by atoms with Crippen molar-refractivity contribution in [3.05, 3.63) is 36.0 Å². The number of nitrogens with zero attached hydrogens (tertiary/aromatic N) is 3. The van der Waals surface area contributed by atoms with E-state index in [9.17, 15) is 0 Å². The molecule has 1 heterocycles. The number of rotatable bonds is 5. The second-order valence-electron chi connectivity index (χ2n) is 5.49. The summed E-state index contributed by atoms with van der Waals surface area (Å²) in [6, 6.07) is 8.91. The van der Waals surface area contributed by atoms with Crippen LogP contribution in [-0.4, -0.2) is 21.2 Å². The maximum atomic E-state index is 4.41. The Balaban J connectivity index is 1.69. The highest BCUT2D eigenvalue weighted by molar-refractivity contribution is 5.56. The summed E-state index contributed by atoms with van der Waals surface area (Å²) in [4.78, 5) is 4.41. The summed E-state index contributed by atoms with van der Waals surface area (Å²) in [6.07, 6.45) is 4.02. The molecule has 0 spiro atoms. The second kappa shape index (κ2) is 5.45. The molecule has 1 aromatic heterocycles. The second-order valence-corrected chi connectivity index (χ2v) is 5.49. The van der Waals surface area contributed by atoms with E-state index in [0.29, 0.717) is 23.7 Å². The van der Waals surface area contributed by atoms with Crippen LogP contribution in [0.25, 0.3) is 0 Å². The molecule has 5 nitrogen and oxygen atoms in total. The SMILES string of the molecule is CC(C)c1ccc(Nc2cnnc(NC3CC3)n2)cc1. The summed E-state index contributed by atoms with van der Waals surface area (Å²) in [5.74, 6) is 1.84. The molecule has 1 fully saturated rings. The molecule has 1 aliphatic carbocycles. The van der Waals surface area contributed by atoms with Crippen molar-refractivity contribution in [1.29, 1.82) is 0 Å². The number of hydrogen-bond donors (Lipinski definition) is 2. The zero-order valence-electron chi connectivity index (χ0n) is 11.8. The van der Waals surface area contributed by atoms with Gasteiger partial charge in [-0.05, 0) is 36.5 Å². The van der Waals surface area contributed by atoms with Gasteiger partial charge in [-0.25, -0.2) is 0 Å². The van der Waals surface area contributed by atoms with Gasteiger partial charge in [-0.1, -0.05) is 26.0 Å². The van der Waals surface area contributed by atoms with E-state index < -0.39 is 0 Å². The average molecular weight is 269 g/mol. The molecule has 1 aliphatic rings. The van der Waals surface area contributed by atoms with Crippen LogP contribution in [0.4, 0.5) is 17.5 Å². The van der Waals surface area contributed by atoms with E-state index in [2.05, 4.69) is 63.9 Å². The number of nitrogens with one attached hydrogen (secondary N) is 2. The van der Waals surface area contributed by atoms with Gasteiger partial charge in [-0.2, -0.15) is 10.1 Å². The van der Waals surface area contributed by atoms with Gasteiger partial charge in [-0.15, -0.1) is 5.10 Å². The Kier molecular flexibility index (Phi) is 3.50. The topological polar surface area (TPSA) is 62.7 Å². The maximum absolute atomic E-state index is 4.41. The summed E-state index contributed by atoms with van der Waals surface area (Å²) < 4.78 is 0. The predicted molar refractivity (Wildman–Crippen MR) is 80.3 cm³/mol. The quantitative estimate of drug-likeness (QED) is 0.872. The third-order valence-electron chi connectivity index (χ3n) is 3.32. The third kappa shape index (κ3) is 3.23. The lowest BCUT2D eigenvalue weighted by atomic mass is 10.0. The van der Waals surface area contributed by atoms with Crippen LogP contribution in [0.1, 0.15) is 38.2 Å². The zero-order valence-corrected chi connectivity index (χ0v) is 11.8. The van der Waals surface area contributed by atoms with E-state index in [1.165, 1.54) is 18.4 Å². The highest BCUT2D eigenvalue weighted by Crippen LogP contribution is 2.23. The molecule has 2 N–H and O–H groups in total. The Morgan fingerprint density at radius 1 is 1.15 bits per heavy atom. The van der Waals surface area contributed by atoms with Gasteiger partial charge in [0.25, 0.3) is 0 Å². The van der Waals surface area contributed by atoms with Crippen molar-refractivity contribution in [1.82, 2.24) is 15.2 Å². The normalized spacial score (nSPS) is 14.3. The fourth-order valence-corrected chi connectivity index (χ4v) is 1.93. The molecule has 0 aliphatic heterocycles. The van der Waals surface area contributed by atoms with Crippen LogP contribution in [0, 0.1) is 0 Å². The highest BCUT2D eigenvalue weighted by Gasteiger charge is 2.22. The molecule has 2 aromatic rings. The first-order valence-electron chi connectivity index (χ1n) is 7.04. The molecule has 1 saturated carbocycles. The largest absolute Gasteiger partial charge is 0.350 e. The van der Waals surface area contributed by atoms with Crippen LogP contribution in [0.2, 0.25) is 0 Å². The fourth-order valence-electron chi connectivity index (χ4n) is 1.93. The van der Waals surface area contributed by atoms with Gasteiger partial charge in [0.2, 0.25) is 5.95 Å². The lowest BCUT2D eigenvalue weighted by Crippen LogP contribution is -2.07. The van der Waals surface area contributed by atoms with Crippen molar-refractivity contribution in [3.8, 4) is 0 Å². The Labute approximate surface area is 118 Å². The molecule has 5 heteroatoms. The number of anilines is 3. The zero-order chi connectivity index (χ0) is 13.9. The smallest absolute Gasteiger partial charge is 0.244 e. The Hall–Kier alpha value is -2.17. The predicted octanol–water partition coefficient (Wildman–Crippen LogP) is 3.31. The highest BCUT2D eigenvalue weighted by atomic mass is 15.3. The number of benzene rings is 1. The van der Waals surface area contributed by atoms with Crippen molar-refractivity contribution >= 4 is 17.5 Å². The molecule has 20 heavy (non-hydrogen) atoms. The van der Waals surface area contributed by atoms with E-state index in [4.69, 9.17) is 0 Å². The van der Waals surface area contributed by atoms with E-state index >= 15 is 0 Å². The van der Waals surface area contributed by atoms with Crippen LogP contribution in [-0.2, 0) is 0 Å². The first-order chi connectivity index (χ1) is 9.70. The molecular weight excluding hydrogens is 250 g/mol. The molecule has 3 rings (SSSR count). The van der Waals surface area contributed by atoms with Gasteiger partial charge in [0, 0.05) is 11.7 Å². The van der Waals surface area contributed by atoms with E-state index in [-0.39, 0.29) is 0 Å². The van der Waals surface area contributed by atoms with Gasteiger partial charge < -0.3 is 10.6 Å². The lowest BCUT2D eigenvalue weighted by Gasteiger charge is -2.09. The monoisotopic (exact) mass is 269 g/mol. The van der Waals surface area contributed by atoms with Crippen LogP contribution >= 0.6 is 0 Å². The molecule has 1 aromatic carbocycles. The van der Waals surface area contributed by atoms with E-state index in [0.717, 1.165) is 5.69 Å². The van der Waals surface area contributed by atoms with Crippen LogP contribution < -0.4 is 10.6 Å². The standard InChI is InChI=1S/C15H19N5/c1-10(2)11-3-5-12(6-4-11)17-14-9-16-20-15(19-14)18-13-7-8-13/h3-6,9-10,13H,7-8H2,1-2H3,(H2,17,18,19,20). The van der Waals surface area contributed by atoms with Crippen molar-refractivity contribution in [2.24, 2.45) is 0 Å². The van der Waals surface area contributed by atoms with Crippen molar-refractivity contribution in [2.75, 3.05) is 10.6 Å². The minimum atomic E-state index is 0.525. The fraction of sp³-hybridized carbons (Fsp3) is 0.400. The van der Waals surface area contributed by atoms with Gasteiger partial charge in [0.15, 0.2) is 5.82 Å². The van der Waals surface area contributed by atoms with Gasteiger partial charge in [0.1, 0.15) is 0 Å². The summed E-state index contributed by atoms with van der Waals surface area (Å²) in [7, 11) is 0. The molecular formula is C15H19N5. The summed E-state index contributed by atoms with van der Waals surface area (Å²) in [6.45, 7) is 4.37. The minimum absolute atomic E-state index is 0.525. The van der Waals surface area contributed by atoms with Crippen LogP contribution in [0.5, 0.6) is 0 Å². The van der Waals surface area contributed by atoms with Crippen molar-refractivity contribution in [3.63, 3.8) is 0 Å². The molecule has 0 amide bonds. The average Bonchev–Trinajstić information content (AvgIpc) is 3.24.